The van der Waals surface area contributed by atoms with Gasteiger partial charge in [-0.05, 0) is 72.4 Å². The average Bonchev–Trinajstić information content (AvgIpc) is 3.10. The van der Waals surface area contributed by atoms with Crippen molar-refractivity contribution >= 4 is 23.7 Å². The highest BCUT2D eigenvalue weighted by molar-refractivity contribution is 7.08. The van der Waals surface area contributed by atoms with E-state index in [1.54, 1.807) is 24.4 Å². The molecule has 0 saturated heterocycles. The molecule has 25 heavy (non-hydrogen) atoms. The molecule has 2 heterocycles. The quantitative estimate of drug-likeness (QED) is 0.557. The summed E-state index contributed by atoms with van der Waals surface area (Å²) in [6.07, 6.45) is 3.22. The molecule has 3 rings (SSSR count). The summed E-state index contributed by atoms with van der Waals surface area (Å²) in [6, 6.07) is 10.8. The fourth-order valence-corrected chi connectivity index (χ4v) is 2.94. The van der Waals surface area contributed by atoms with E-state index < -0.39 is 0 Å². The topological polar surface area (TPSA) is 87.5 Å². The van der Waals surface area contributed by atoms with Gasteiger partial charge in [-0.25, -0.2) is 5.43 Å². The fraction of sp³-hybridized carbons (Fsp3) is 0.111. The second kappa shape index (κ2) is 7.23. The molecule has 0 fully saturated rings. The van der Waals surface area contributed by atoms with Crippen LogP contribution in [0.25, 0.3) is 11.4 Å². The number of carbonyl (C=O) groups is 1. The first-order chi connectivity index (χ1) is 12.0. The fourth-order valence-electron chi connectivity index (χ4n) is 2.30. The van der Waals surface area contributed by atoms with Crippen molar-refractivity contribution in [3.63, 3.8) is 0 Å². The lowest BCUT2D eigenvalue weighted by Gasteiger charge is -2.04. The van der Waals surface area contributed by atoms with E-state index in [1.165, 1.54) is 6.21 Å². The van der Waals surface area contributed by atoms with E-state index in [-0.39, 0.29) is 11.7 Å². The predicted octanol–water partition coefficient (Wildman–Crippen LogP) is 3.29. The first-order valence-electron chi connectivity index (χ1n) is 7.56. The molecule has 1 aromatic carbocycles. The van der Waals surface area contributed by atoms with Crippen molar-refractivity contribution in [3.05, 3.63) is 64.2 Å². The van der Waals surface area contributed by atoms with Crippen molar-refractivity contribution < 1.29 is 9.90 Å². The molecular weight excluding hydrogens is 336 g/mol. The van der Waals surface area contributed by atoms with Crippen LogP contribution in [0, 0.1) is 13.8 Å². The molecule has 0 radical (unpaired) electrons. The zero-order valence-electron chi connectivity index (χ0n) is 13.7. The number of hydrogen-bond donors (Lipinski definition) is 2. The number of phenols is 1. The van der Waals surface area contributed by atoms with Crippen LogP contribution in [-0.4, -0.2) is 26.6 Å². The van der Waals surface area contributed by atoms with Crippen molar-refractivity contribution in [1.29, 1.82) is 0 Å². The number of aromatic nitrogens is 2. The lowest BCUT2D eigenvalue weighted by atomic mass is 10.1. The van der Waals surface area contributed by atoms with Crippen LogP contribution in [0.5, 0.6) is 5.75 Å². The number of carbonyl (C=O) groups excluding carboxylic acids is 1. The largest absolute Gasteiger partial charge is 0.507 e. The normalized spacial score (nSPS) is 11.0. The van der Waals surface area contributed by atoms with Crippen molar-refractivity contribution in [3.8, 4) is 17.1 Å². The summed E-state index contributed by atoms with van der Waals surface area (Å²) >= 11 is 1.10. The summed E-state index contributed by atoms with van der Waals surface area (Å²) in [7, 11) is 0. The number of amides is 1. The summed E-state index contributed by atoms with van der Waals surface area (Å²) in [5.41, 5.74) is 6.18. The first kappa shape index (κ1) is 16.8. The SMILES string of the molecule is Cc1cc(/C=N/NC(=O)c2cc(-c3ccccn3)ns2)cc(C)c1O. The maximum absolute atomic E-state index is 12.2. The molecule has 1 amide bonds. The third kappa shape index (κ3) is 3.89. The second-order valence-corrected chi connectivity index (χ2v) is 6.30. The predicted molar refractivity (Wildman–Crippen MR) is 98.0 cm³/mol. The van der Waals surface area contributed by atoms with Crippen LogP contribution in [0.2, 0.25) is 0 Å². The summed E-state index contributed by atoms with van der Waals surface area (Å²) < 4.78 is 4.25. The Labute approximate surface area is 149 Å². The third-order valence-electron chi connectivity index (χ3n) is 3.55. The van der Waals surface area contributed by atoms with Crippen molar-refractivity contribution in [2.75, 3.05) is 0 Å². The number of pyridine rings is 1. The van der Waals surface area contributed by atoms with Gasteiger partial charge in [0.1, 0.15) is 16.3 Å². The molecule has 0 aliphatic rings. The van der Waals surface area contributed by atoms with Gasteiger partial charge in [0.25, 0.3) is 5.91 Å². The van der Waals surface area contributed by atoms with Gasteiger partial charge in [-0.1, -0.05) is 6.07 Å². The first-order valence-corrected chi connectivity index (χ1v) is 8.33. The van der Waals surface area contributed by atoms with E-state index in [9.17, 15) is 9.90 Å². The van der Waals surface area contributed by atoms with E-state index in [0.29, 0.717) is 10.6 Å². The highest BCUT2D eigenvalue weighted by Crippen LogP contribution is 2.22. The molecule has 0 aliphatic heterocycles. The molecule has 0 saturated carbocycles. The standard InChI is InChI=1S/C18H16N4O2S/c1-11-7-13(8-12(2)17(11)23)10-20-21-18(24)16-9-15(22-25-16)14-5-3-4-6-19-14/h3-10,23H,1-2H3,(H,21,24)/b20-10+. The van der Waals surface area contributed by atoms with Gasteiger partial charge in [-0.3, -0.25) is 9.78 Å². The van der Waals surface area contributed by atoms with Gasteiger partial charge in [0.05, 0.1) is 11.9 Å². The summed E-state index contributed by atoms with van der Waals surface area (Å²) in [5, 5.41) is 13.7. The molecule has 0 bridgehead atoms. The smallest absolute Gasteiger partial charge is 0.283 e. The Balaban J connectivity index is 1.68. The van der Waals surface area contributed by atoms with E-state index in [0.717, 1.165) is 33.9 Å². The van der Waals surface area contributed by atoms with Crippen molar-refractivity contribution in [2.45, 2.75) is 13.8 Å². The maximum Gasteiger partial charge on any atom is 0.283 e. The zero-order chi connectivity index (χ0) is 17.8. The summed E-state index contributed by atoms with van der Waals surface area (Å²) in [6.45, 7) is 3.63. The Morgan fingerprint density at radius 3 is 2.64 bits per heavy atom. The van der Waals surface area contributed by atoms with Gasteiger partial charge >= 0.3 is 0 Å². The van der Waals surface area contributed by atoms with Gasteiger partial charge in [0.2, 0.25) is 0 Å². The van der Waals surface area contributed by atoms with Crippen LogP contribution in [0.1, 0.15) is 26.4 Å². The van der Waals surface area contributed by atoms with E-state index in [1.807, 2.05) is 32.0 Å². The number of hydrogen-bond acceptors (Lipinski definition) is 6. The molecule has 3 aromatic rings. The molecule has 0 aliphatic carbocycles. The Hall–Kier alpha value is -3.06. The Morgan fingerprint density at radius 1 is 1.20 bits per heavy atom. The molecule has 0 atom stereocenters. The molecule has 126 valence electrons. The Morgan fingerprint density at radius 2 is 1.96 bits per heavy atom. The minimum atomic E-state index is -0.330. The van der Waals surface area contributed by atoms with Crippen LogP contribution in [-0.2, 0) is 0 Å². The van der Waals surface area contributed by atoms with Gasteiger partial charge in [-0.15, -0.1) is 0 Å². The minimum absolute atomic E-state index is 0.271. The lowest BCUT2D eigenvalue weighted by molar-refractivity contribution is 0.0959. The zero-order valence-corrected chi connectivity index (χ0v) is 14.5. The van der Waals surface area contributed by atoms with Crippen LogP contribution < -0.4 is 5.43 Å². The van der Waals surface area contributed by atoms with Gasteiger partial charge in [0, 0.05) is 6.20 Å². The number of phenolic OH excluding ortho intramolecular Hbond substituents is 1. The van der Waals surface area contributed by atoms with E-state index in [2.05, 4.69) is 19.9 Å². The second-order valence-electron chi connectivity index (χ2n) is 5.49. The summed E-state index contributed by atoms with van der Waals surface area (Å²) in [5.74, 6) is -0.0592. The molecule has 2 N–H and O–H groups in total. The number of benzene rings is 1. The van der Waals surface area contributed by atoms with Gasteiger partial charge in [-0.2, -0.15) is 9.47 Å². The minimum Gasteiger partial charge on any atom is -0.507 e. The number of rotatable bonds is 4. The maximum atomic E-state index is 12.2. The van der Waals surface area contributed by atoms with Crippen LogP contribution in [0.3, 0.4) is 0 Å². The monoisotopic (exact) mass is 352 g/mol. The van der Waals surface area contributed by atoms with E-state index >= 15 is 0 Å². The molecule has 7 heteroatoms. The van der Waals surface area contributed by atoms with Crippen LogP contribution in [0.15, 0.2) is 47.7 Å². The number of aromatic hydroxyl groups is 1. The highest BCUT2D eigenvalue weighted by Gasteiger charge is 2.11. The molecule has 0 spiro atoms. The number of nitrogens with one attached hydrogen (secondary N) is 1. The summed E-state index contributed by atoms with van der Waals surface area (Å²) in [4.78, 5) is 16.8. The average molecular weight is 352 g/mol. The molecule has 6 nitrogen and oxygen atoms in total. The van der Waals surface area contributed by atoms with Crippen molar-refractivity contribution in [2.24, 2.45) is 5.10 Å². The van der Waals surface area contributed by atoms with Gasteiger partial charge in [0.15, 0.2) is 0 Å². The Bertz CT molecular complexity index is 912. The Kier molecular flexibility index (Phi) is 4.85. The highest BCUT2D eigenvalue weighted by atomic mass is 32.1. The number of hydrazone groups is 1. The van der Waals surface area contributed by atoms with Crippen LogP contribution in [0.4, 0.5) is 0 Å². The number of nitrogens with zero attached hydrogens (tertiary/aromatic N) is 3. The number of aryl methyl sites for hydroxylation is 2. The lowest BCUT2D eigenvalue weighted by Crippen LogP contribution is -2.16. The molecule has 2 aromatic heterocycles. The molecule has 0 unspecified atom stereocenters. The van der Waals surface area contributed by atoms with Gasteiger partial charge < -0.3 is 5.11 Å². The van der Waals surface area contributed by atoms with Crippen molar-refractivity contribution in [1.82, 2.24) is 14.8 Å². The third-order valence-corrected chi connectivity index (χ3v) is 4.34. The van der Waals surface area contributed by atoms with Crippen LogP contribution >= 0.6 is 11.5 Å². The van der Waals surface area contributed by atoms with E-state index in [4.69, 9.17) is 0 Å². The molecular formula is C18H16N4O2S.